The number of pyridine rings is 1. The van der Waals surface area contributed by atoms with Gasteiger partial charge in [-0.1, -0.05) is 65.0 Å². The van der Waals surface area contributed by atoms with Crippen molar-refractivity contribution < 1.29 is 14.3 Å². The highest BCUT2D eigenvalue weighted by atomic mass is 16.5. The van der Waals surface area contributed by atoms with Crippen molar-refractivity contribution in [2.75, 3.05) is 13.1 Å². The molecule has 1 N–H and O–H groups in total. The van der Waals surface area contributed by atoms with Crippen molar-refractivity contribution in [1.82, 2.24) is 15.2 Å². The zero-order valence-corrected chi connectivity index (χ0v) is 22.2. The lowest BCUT2D eigenvalue weighted by atomic mass is 9.71. The number of hydrogen-bond acceptors (Lipinski definition) is 4. The Morgan fingerprint density at radius 3 is 2.36 bits per heavy atom. The van der Waals surface area contributed by atoms with E-state index in [9.17, 15) is 9.59 Å². The zero-order valence-electron chi connectivity index (χ0n) is 22.2. The molecule has 6 heteroatoms. The second-order valence-electron chi connectivity index (χ2n) is 11.9. The van der Waals surface area contributed by atoms with Crippen molar-refractivity contribution in [1.29, 1.82) is 0 Å². The van der Waals surface area contributed by atoms with Gasteiger partial charge in [-0.2, -0.15) is 0 Å². The molecule has 0 bridgehead atoms. The van der Waals surface area contributed by atoms with E-state index in [1.54, 1.807) is 6.20 Å². The molecule has 0 unspecified atom stereocenters. The number of rotatable bonds is 6. The minimum atomic E-state index is -0.254. The molecule has 1 saturated heterocycles. The molecule has 2 fully saturated rings. The Kier molecular flexibility index (Phi) is 6.22. The first-order chi connectivity index (χ1) is 17.1. The largest absolute Gasteiger partial charge is 0.370 e. The summed E-state index contributed by atoms with van der Waals surface area (Å²) in [5, 5.41) is 3.27. The average molecular weight is 490 g/mol. The minimum Gasteiger partial charge on any atom is -0.370 e. The van der Waals surface area contributed by atoms with Crippen molar-refractivity contribution >= 4 is 11.8 Å². The fourth-order valence-electron chi connectivity index (χ4n) is 6.89. The highest BCUT2D eigenvalue weighted by Gasteiger charge is 2.69. The fourth-order valence-corrected chi connectivity index (χ4v) is 6.89. The van der Waals surface area contributed by atoms with Gasteiger partial charge < -0.3 is 15.0 Å². The summed E-state index contributed by atoms with van der Waals surface area (Å²) in [6.07, 6.45) is 5.44. The summed E-state index contributed by atoms with van der Waals surface area (Å²) in [6.45, 7) is 12.5. The van der Waals surface area contributed by atoms with Crippen molar-refractivity contribution in [3.8, 4) is 0 Å². The molecule has 2 aliphatic carbocycles. The maximum Gasteiger partial charge on any atom is 0.226 e. The van der Waals surface area contributed by atoms with Crippen LogP contribution in [0.15, 0.2) is 48.8 Å². The first-order valence-electron chi connectivity index (χ1n) is 13.3. The maximum absolute atomic E-state index is 13.5. The smallest absolute Gasteiger partial charge is 0.226 e. The molecule has 1 aromatic heterocycles. The van der Waals surface area contributed by atoms with Gasteiger partial charge in [-0.3, -0.25) is 14.6 Å². The van der Waals surface area contributed by atoms with Crippen molar-refractivity contribution in [2.45, 2.75) is 78.0 Å². The van der Waals surface area contributed by atoms with E-state index in [4.69, 9.17) is 4.74 Å². The molecule has 1 aliphatic heterocycles. The van der Waals surface area contributed by atoms with Crippen LogP contribution in [0.4, 0.5) is 0 Å². The summed E-state index contributed by atoms with van der Waals surface area (Å²) in [7, 11) is 0. The number of ether oxygens (including phenoxy) is 1. The SMILES string of the molecule is CCC(=O)N[C@H]1c2ccccc2C2(CCN(C(=O)C3C(C)(C)C3(C)C)CC2)[C@@H]1OCc1cccnc1. The molecule has 3 aliphatic rings. The zero-order chi connectivity index (χ0) is 25.7. The number of aromatic nitrogens is 1. The number of amides is 2. The van der Waals surface area contributed by atoms with Gasteiger partial charge in [-0.05, 0) is 46.4 Å². The molecule has 2 aromatic rings. The van der Waals surface area contributed by atoms with Crippen LogP contribution in [0, 0.1) is 16.7 Å². The lowest BCUT2D eigenvalue weighted by Gasteiger charge is -2.44. The average Bonchev–Trinajstić information content (AvgIpc) is 3.17. The summed E-state index contributed by atoms with van der Waals surface area (Å²) >= 11 is 0. The van der Waals surface area contributed by atoms with Crippen LogP contribution in [0.5, 0.6) is 0 Å². The standard InChI is InChI=1S/C30H39N3O3/c1-6-23(34)32-24-21-11-7-8-12-22(21)30(26(24)36-19-20-10-9-15-31-18-20)13-16-33(17-14-30)27(35)25-28(2,3)29(25,4)5/h7-12,15,18,24-26H,6,13-14,16-17,19H2,1-5H3,(H,32,34)/t24-,26+/m0/s1. The van der Waals surface area contributed by atoms with E-state index < -0.39 is 0 Å². The van der Waals surface area contributed by atoms with Crippen molar-refractivity contribution in [2.24, 2.45) is 16.7 Å². The molecule has 0 radical (unpaired) electrons. The molecule has 5 rings (SSSR count). The van der Waals surface area contributed by atoms with Crippen LogP contribution < -0.4 is 5.32 Å². The van der Waals surface area contributed by atoms with E-state index in [1.165, 1.54) is 5.56 Å². The number of hydrogen-bond donors (Lipinski definition) is 1. The number of benzene rings is 1. The Morgan fingerprint density at radius 1 is 1.06 bits per heavy atom. The highest BCUT2D eigenvalue weighted by molar-refractivity contribution is 5.84. The van der Waals surface area contributed by atoms with Crippen LogP contribution in [0.2, 0.25) is 0 Å². The van der Waals surface area contributed by atoms with Crippen LogP contribution in [0.3, 0.4) is 0 Å². The molecule has 192 valence electrons. The van der Waals surface area contributed by atoms with Gasteiger partial charge in [0.1, 0.15) is 0 Å². The summed E-state index contributed by atoms with van der Waals surface area (Å²) in [6, 6.07) is 12.2. The molecular formula is C30H39N3O3. The fraction of sp³-hybridized carbons (Fsp3) is 0.567. The number of nitrogens with zero attached hydrogens (tertiary/aromatic N) is 2. The molecule has 2 heterocycles. The maximum atomic E-state index is 13.5. The molecule has 2 atom stereocenters. The van der Waals surface area contributed by atoms with E-state index in [2.05, 4.69) is 61.1 Å². The Morgan fingerprint density at radius 2 is 1.75 bits per heavy atom. The summed E-state index contributed by atoms with van der Waals surface area (Å²) in [4.78, 5) is 32.4. The molecule has 1 aromatic carbocycles. The third-order valence-electron chi connectivity index (χ3n) is 9.70. The summed E-state index contributed by atoms with van der Waals surface area (Å²) in [5.41, 5.74) is 3.21. The highest BCUT2D eigenvalue weighted by Crippen LogP contribution is 2.69. The van der Waals surface area contributed by atoms with E-state index in [0.717, 1.165) is 24.0 Å². The van der Waals surface area contributed by atoms with Crippen LogP contribution in [-0.4, -0.2) is 40.9 Å². The first kappa shape index (κ1) is 24.9. The van der Waals surface area contributed by atoms with Gasteiger partial charge in [-0.25, -0.2) is 0 Å². The Labute approximate surface area is 214 Å². The normalized spacial score (nSPS) is 25.4. The Hall–Kier alpha value is -2.73. The molecule has 36 heavy (non-hydrogen) atoms. The quantitative estimate of drug-likeness (QED) is 0.633. The minimum absolute atomic E-state index is 0.0210. The topological polar surface area (TPSA) is 71.5 Å². The molecule has 1 spiro atoms. The second kappa shape index (κ2) is 8.98. The molecule has 1 saturated carbocycles. The van der Waals surface area contributed by atoms with E-state index >= 15 is 0 Å². The van der Waals surface area contributed by atoms with Crippen LogP contribution in [-0.2, 0) is 26.3 Å². The van der Waals surface area contributed by atoms with Gasteiger partial charge >= 0.3 is 0 Å². The van der Waals surface area contributed by atoms with Gasteiger partial charge in [0, 0.05) is 43.2 Å². The number of likely N-dealkylation sites (tertiary alicyclic amines) is 1. The third kappa shape index (κ3) is 3.85. The lowest BCUT2D eigenvalue weighted by Crippen LogP contribution is -2.52. The predicted octanol–water partition coefficient (Wildman–Crippen LogP) is 4.79. The van der Waals surface area contributed by atoms with Crippen molar-refractivity contribution in [3.63, 3.8) is 0 Å². The number of fused-ring (bicyclic) bond motifs is 2. The predicted molar refractivity (Wildman–Crippen MR) is 139 cm³/mol. The van der Waals surface area contributed by atoms with Gasteiger partial charge in [0.05, 0.1) is 18.8 Å². The van der Waals surface area contributed by atoms with E-state index in [-0.39, 0.29) is 46.1 Å². The molecular weight excluding hydrogens is 450 g/mol. The summed E-state index contributed by atoms with van der Waals surface area (Å²) < 4.78 is 6.69. The van der Waals surface area contributed by atoms with Crippen LogP contribution >= 0.6 is 0 Å². The number of carbonyl (C=O) groups excluding carboxylic acids is 2. The van der Waals surface area contributed by atoms with Crippen LogP contribution in [0.25, 0.3) is 0 Å². The molecule has 6 nitrogen and oxygen atoms in total. The number of carbonyl (C=O) groups is 2. The number of nitrogens with one attached hydrogen (secondary N) is 1. The van der Waals surface area contributed by atoms with Gasteiger partial charge in [0.15, 0.2) is 0 Å². The van der Waals surface area contributed by atoms with Crippen LogP contribution in [0.1, 0.15) is 76.6 Å². The van der Waals surface area contributed by atoms with Crippen molar-refractivity contribution in [3.05, 3.63) is 65.5 Å². The third-order valence-corrected chi connectivity index (χ3v) is 9.70. The molecule has 2 amide bonds. The Balaban J connectivity index is 1.43. The summed E-state index contributed by atoms with van der Waals surface area (Å²) in [5.74, 6) is 0.381. The van der Waals surface area contributed by atoms with E-state index in [0.29, 0.717) is 26.1 Å². The van der Waals surface area contributed by atoms with Gasteiger partial charge in [-0.15, -0.1) is 0 Å². The second-order valence-corrected chi connectivity index (χ2v) is 11.9. The number of piperidine rings is 1. The Bertz CT molecular complexity index is 1120. The first-order valence-corrected chi connectivity index (χ1v) is 13.3. The van der Waals surface area contributed by atoms with Gasteiger partial charge in [0.25, 0.3) is 0 Å². The van der Waals surface area contributed by atoms with E-state index in [1.807, 2.05) is 31.3 Å². The monoisotopic (exact) mass is 489 g/mol. The van der Waals surface area contributed by atoms with Gasteiger partial charge in [0.2, 0.25) is 11.8 Å². The lowest BCUT2D eigenvalue weighted by molar-refractivity contribution is -0.137.